The van der Waals surface area contributed by atoms with Crippen molar-refractivity contribution in [3.8, 4) is 0 Å². The maximum Gasteiger partial charge on any atom is 0.330 e. The van der Waals surface area contributed by atoms with E-state index in [1.807, 2.05) is 0 Å². The number of hydrogen-bond donors (Lipinski definition) is 2. The minimum atomic E-state index is -0.845. The van der Waals surface area contributed by atoms with Gasteiger partial charge in [0.2, 0.25) is 0 Å². The maximum atomic E-state index is 13.2. The predicted octanol–water partition coefficient (Wildman–Crippen LogP) is 0.790. The summed E-state index contributed by atoms with van der Waals surface area (Å²) in [5.41, 5.74) is 3.18. The Morgan fingerprint density at radius 3 is 3.11 bits per heavy atom. The van der Waals surface area contributed by atoms with Gasteiger partial charge in [-0.1, -0.05) is 6.07 Å². The molecule has 1 saturated heterocycles. The molecule has 1 aliphatic heterocycles. The zero-order valence-corrected chi connectivity index (χ0v) is 9.97. The lowest BCUT2D eigenvalue weighted by molar-refractivity contribution is -0.144. The van der Waals surface area contributed by atoms with Crippen LogP contribution in [0.25, 0.3) is 0 Å². The predicted molar refractivity (Wildman–Crippen MR) is 63.1 cm³/mol. The third kappa shape index (κ3) is 2.60. The number of aliphatic hydroxyl groups excluding tert-OH is 1. The molecule has 5 nitrogen and oxygen atoms in total. The molecular weight excluding hydrogens is 239 g/mol. The number of hydrazine groups is 1. The van der Waals surface area contributed by atoms with Crippen molar-refractivity contribution in [2.75, 3.05) is 11.6 Å². The van der Waals surface area contributed by atoms with Crippen molar-refractivity contribution in [1.29, 1.82) is 0 Å². The molecule has 0 aliphatic carbocycles. The van der Waals surface area contributed by atoms with Gasteiger partial charge in [-0.05, 0) is 25.1 Å². The van der Waals surface area contributed by atoms with Crippen molar-refractivity contribution in [2.24, 2.45) is 0 Å². The Hall–Kier alpha value is -1.66. The SMILES string of the molecule is CCOC(=O)C1CC(O)NN1c1cccc(F)c1. The lowest BCUT2D eigenvalue weighted by atomic mass is 10.2. The van der Waals surface area contributed by atoms with Crippen LogP contribution in [-0.2, 0) is 9.53 Å². The van der Waals surface area contributed by atoms with Crippen LogP contribution < -0.4 is 10.4 Å². The Morgan fingerprint density at radius 1 is 1.67 bits per heavy atom. The summed E-state index contributed by atoms with van der Waals surface area (Å²) in [7, 11) is 0. The standard InChI is InChI=1S/C12H15FN2O3/c1-2-18-12(17)10-7-11(16)14-15(10)9-5-3-4-8(13)6-9/h3-6,10-11,14,16H,2,7H2,1H3. The molecule has 0 bridgehead atoms. The van der Waals surface area contributed by atoms with Crippen molar-refractivity contribution in [3.63, 3.8) is 0 Å². The van der Waals surface area contributed by atoms with E-state index in [0.717, 1.165) is 0 Å². The smallest absolute Gasteiger partial charge is 0.330 e. The molecule has 1 heterocycles. The molecule has 1 aliphatic rings. The number of rotatable bonds is 3. The average Bonchev–Trinajstić information content (AvgIpc) is 2.72. The minimum Gasteiger partial charge on any atom is -0.464 e. The Labute approximate surface area is 104 Å². The van der Waals surface area contributed by atoms with E-state index < -0.39 is 24.1 Å². The molecule has 0 spiro atoms. The zero-order valence-electron chi connectivity index (χ0n) is 9.97. The van der Waals surface area contributed by atoms with Gasteiger partial charge in [-0.3, -0.25) is 5.01 Å². The molecule has 1 aromatic carbocycles. The van der Waals surface area contributed by atoms with E-state index in [2.05, 4.69) is 5.43 Å². The molecule has 2 rings (SSSR count). The van der Waals surface area contributed by atoms with Gasteiger partial charge >= 0.3 is 5.97 Å². The molecule has 2 unspecified atom stereocenters. The Balaban J connectivity index is 2.21. The fourth-order valence-electron chi connectivity index (χ4n) is 1.94. The minimum absolute atomic E-state index is 0.204. The molecule has 1 fully saturated rings. The molecule has 0 aromatic heterocycles. The fraction of sp³-hybridized carbons (Fsp3) is 0.417. The van der Waals surface area contributed by atoms with Crippen molar-refractivity contribution in [3.05, 3.63) is 30.1 Å². The van der Waals surface area contributed by atoms with Crippen molar-refractivity contribution >= 4 is 11.7 Å². The number of hydrogen-bond acceptors (Lipinski definition) is 5. The van der Waals surface area contributed by atoms with Crippen LogP contribution in [0.3, 0.4) is 0 Å². The number of benzene rings is 1. The second-order valence-corrected chi connectivity index (χ2v) is 4.00. The summed E-state index contributed by atoms with van der Waals surface area (Å²) < 4.78 is 18.1. The van der Waals surface area contributed by atoms with E-state index in [-0.39, 0.29) is 13.0 Å². The molecule has 18 heavy (non-hydrogen) atoms. The molecule has 0 saturated carbocycles. The topological polar surface area (TPSA) is 61.8 Å². The molecule has 98 valence electrons. The van der Waals surface area contributed by atoms with Crippen molar-refractivity contribution in [2.45, 2.75) is 25.6 Å². The number of anilines is 1. The van der Waals surface area contributed by atoms with E-state index in [1.165, 1.54) is 17.1 Å². The van der Waals surface area contributed by atoms with Crippen LogP contribution in [0.4, 0.5) is 10.1 Å². The van der Waals surface area contributed by atoms with Gasteiger partial charge in [0, 0.05) is 6.42 Å². The Morgan fingerprint density at radius 2 is 2.44 bits per heavy atom. The van der Waals surface area contributed by atoms with Gasteiger partial charge in [-0.2, -0.15) is 0 Å². The number of halogens is 1. The largest absolute Gasteiger partial charge is 0.464 e. The highest BCUT2D eigenvalue weighted by Crippen LogP contribution is 2.23. The number of nitrogens with zero attached hydrogens (tertiary/aromatic N) is 1. The molecule has 0 amide bonds. The lowest BCUT2D eigenvalue weighted by Crippen LogP contribution is -2.43. The second kappa shape index (κ2) is 5.32. The van der Waals surface area contributed by atoms with Crippen LogP contribution in [0.5, 0.6) is 0 Å². The van der Waals surface area contributed by atoms with Crippen LogP contribution in [0.15, 0.2) is 24.3 Å². The summed E-state index contributed by atoms with van der Waals surface area (Å²) in [6, 6.07) is 5.15. The summed E-state index contributed by atoms with van der Waals surface area (Å²) in [5, 5.41) is 11.0. The van der Waals surface area contributed by atoms with Gasteiger partial charge < -0.3 is 9.84 Å². The monoisotopic (exact) mass is 254 g/mol. The summed E-state index contributed by atoms with van der Waals surface area (Å²) in [6.07, 6.45) is -0.641. The van der Waals surface area contributed by atoms with Gasteiger partial charge in [0.15, 0.2) is 0 Å². The summed E-state index contributed by atoms with van der Waals surface area (Å²) in [4.78, 5) is 11.8. The van der Waals surface area contributed by atoms with Crippen LogP contribution in [0.2, 0.25) is 0 Å². The highest BCUT2D eigenvalue weighted by molar-refractivity contribution is 5.80. The molecule has 2 atom stereocenters. The Kier molecular flexibility index (Phi) is 3.78. The number of ether oxygens (including phenoxy) is 1. The van der Waals surface area contributed by atoms with Crippen LogP contribution in [0.1, 0.15) is 13.3 Å². The van der Waals surface area contributed by atoms with E-state index in [1.54, 1.807) is 19.1 Å². The molecule has 6 heteroatoms. The van der Waals surface area contributed by atoms with Crippen LogP contribution in [-0.4, -0.2) is 30.0 Å². The summed E-state index contributed by atoms with van der Waals surface area (Å²) >= 11 is 0. The summed E-state index contributed by atoms with van der Waals surface area (Å²) in [6.45, 7) is 1.98. The zero-order chi connectivity index (χ0) is 13.1. The van der Waals surface area contributed by atoms with Gasteiger partial charge in [-0.15, -0.1) is 0 Å². The van der Waals surface area contributed by atoms with E-state index in [9.17, 15) is 14.3 Å². The van der Waals surface area contributed by atoms with Gasteiger partial charge in [-0.25, -0.2) is 14.6 Å². The third-order valence-corrected chi connectivity index (χ3v) is 2.69. The highest BCUT2D eigenvalue weighted by Gasteiger charge is 2.37. The van der Waals surface area contributed by atoms with Crippen molar-refractivity contribution < 1.29 is 19.0 Å². The van der Waals surface area contributed by atoms with E-state index in [4.69, 9.17) is 4.74 Å². The van der Waals surface area contributed by atoms with Gasteiger partial charge in [0.25, 0.3) is 0 Å². The first-order chi connectivity index (χ1) is 8.61. The first-order valence-corrected chi connectivity index (χ1v) is 5.77. The molecule has 1 aromatic rings. The van der Waals surface area contributed by atoms with Crippen LogP contribution in [0, 0.1) is 5.82 Å². The number of nitrogens with one attached hydrogen (secondary N) is 1. The third-order valence-electron chi connectivity index (χ3n) is 2.69. The van der Waals surface area contributed by atoms with Crippen LogP contribution >= 0.6 is 0 Å². The van der Waals surface area contributed by atoms with Gasteiger partial charge in [0.1, 0.15) is 18.1 Å². The molecular formula is C12H15FN2O3. The number of carbonyl (C=O) groups is 1. The first kappa shape index (κ1) is 12.8. The lowest BCUT2D eigenvalue weighted by Gasteiger charge is -2.24. The van der Waals surface area contributed by atoms with Crippen molar-refractivity contribution in [1.82, 2.24) is 5.43 Å². The quantitative estimate of drug-likeness (QED) is 0.781. The normalized spacial score (nSPS) is 23.2. The molecule has 2 N–H and O–H groups in total. The number of aliphatic hydroxyl groups is 1. The summed E-state index contributed by atoms with van der Waals surface area (Å²) in [5.74, 6) is -0.843. The number of esters is 1. The maximum absolute atomic E-state index is 13.2. The average molecular weight is 254 g/mol. The second-order valence-electron chi connectivity index (χ2n) is 4.00. The highest BCUT2D eigenvalue weighted by atomic mass is 19.1. The fourth-order valence-corrected chi connectivity index (χ4v) is 1.94. The van der Waals surface area contributed by atoms with E-state index in [0.29, 0.717) is 5.69 Å². The first-order valence-electron chi connectivity index (χ1n) is 5.77. The number of carbonyl (C=O) groups excluding carboxylic acids is 1. The van der Waals surface area contributed by atoms with Gasteiger partial charge in [0.05, 0.1) is 12.3 Å². The Bertz CT molecular complexity index is 441. The van der Waals surface area contributed by atoms with E-state index >= 15 is 0 Å². The molecule has 0 radical (unpaired) electrons.